The van der Waals surface area contributed by atoms with Crippen molar-refractivity contribution in [2.45, 2.75) is 13.8 Å². The molecule has 2 rings (SSSR count). The smallest absolute Gasteiger partial charge is 0.146 e. The number of hydrogen-bond acceptors (Lipinski definition) is 3. The summed E-state index contributed by atoms with van der Waals surface area (Å²) in [6.45, 7) is 3.72. The summed E-state index contributed by atoms with van der Waals surface area (Å²) in [5.74, 6) is 0.324. The summed E-state index contributed by atoms with van der Waals surface area (Å²) in [7, 11) is 0. The minimum Gasteiger partial charge on any atom is -0.397 e. The molecule has 0 atom stereocenters. The van der Waals surface area contributed by atoms with Gasteiger partial charge in [0.05, 0.1) is 17.6 Å². The van der Waals surface area contributed by atoms with Crippen molar-refractivity contribution in [3.05, 3.63) is 47.4 Å². The summed E-state index contributed by atoms with van der Waals surface area (Å²) in [4.78, 5) is 4.13. The first-order valence-electron chi connectivity index (χ1n) is 5.31. The molecule has 2 aromatic rings. The number of aromatic nitrogens is 1. The molecule has 0 aliphatic rings. The standard InChI is InChI=1S/C13H14FN3/c1-8-3-4-12(11(14)5-8)17-13-9(2)6-10(15)7-16-13/h3-7H,15H2,1-2H3,(H,16,17). The van der Waals surface area contributed by atoms with E-state index >= 15 is 0 Å². The number of pyridine rings is 1. The van der Waals surface area contributed by atoms with Crippen LogP contribution in [-0.4, -0.2) is 4.98 Å². The van der Waals surface area contributed by atoms with E-state index in [1.54, 1.807) is 18.3 Å². The highest BCUT2D eigenvalue weighted by Gasteiger charge is 2.05. The van der Waals surface area contributed by atoms with Gasteiger partial charge in [-0.2, -0.15) is 0 Å². The van der Waals surface area contributed by atoms with Gasteiger partial charge in [0.15, 0.2) is 0 Å². The maximum Gasteiger partial charge on any atom is 0.146 e. The van der Waals surface area contributed by atoms with Crippen LogP contribution in [0.5, 0.6) is 0 Å². The molecule has 0 aliphatic carbocycles. The van der Waals surface area contributed by atoms with Gasteiger partial charge in [0.25, 0.3) is 0 Å². The second-order valence-electron chi connectivity index (χ2n) is 4.04. The first-order valence-corrected chi connectivity index (χ1v) is 5.31. The second kappa shape index (κ2) is 4.41. The van der Waals surface area contributed by atoms with Crippen LogP contribution in [0.25, 0.3) is 0 Å². The molecule has 1 heterocycles. The van der Waals surface area contributed by atoms with E-state index in [0.717, 1.165) is 11.1 Å². The molecule has 1 aromatic carbocycles. The van der Waals surface area contributed by atoms with Crippen LogP contribution in [0, 0.1) is 19.7 Å². The number of halogens is 1. The maximum atomic E-state index is 13.6. The number of nitrogens with two attached hydrogens (primary N) is 1. The Labute approximate surface area is 99.5 Å². The predicted octanol–water partition coefficient (Wildman–Crippen LogP) is 3.16. The van der Waals surface area contributed by atoms with Gasteiger partial charge in [-0.05, 0) is 43.2 Å². The van der Waals surface area contributed by atoms with E-state index < -0.39 is 0 Å². The lowest BCUT2D eigenvalue weighted by atomic mass is 10.2. The van der Waals surface area contributed by atoms with Crippen molar-refractivity contribution >= 4 is 17.2 Å². The molecule has 3 N–H and O–H groups in total. The van der Waals surface area contributed by atoms with Gasteiger partial charge in [-0.25, -0.2) is 9.37 Å². The molecule has 0 bridgehead atoms. The van der Waals surface area contributed by atoms with Gasteiger partial charge < -0.3 is 11.1 Å². The number of benzene rings is 1. The zero-order valence-electron chi connectivity index (χ0n) is 9.79. The van der Waals surface area contributed by atoms with Crippen LogP contribution < -0.4 is 11.1 Å². The number of anilines is 3. The molecule has 0 amide bonds. The average Bonchev–Trinajstić information content (AvgIpc) is 2.25. The Bertz CT molecular complexity index is 503. The molecule has 17 heavy (non-hydrogen) atoms. The molecule has 4 heteroatoms. The minimum absolute atomic E-state index is 0.289. The monoisotopic (exact) mass is 231 g/mol. The third kappa shape index (κ3) is 2.53. The molecule has 0 saturated heterocycles. The van der Waals surface area contributed by atoms with E-state index in [1.807, 2.05) is 19.9 Å². The molecular formula is C13H14FN3. The van der Waals surface area contributed by atoms with Crippen LogP contribution in [-0.2, 0) is 0 Å². The number of rotatable bonds is 2. The molecule has 0 radical (unpaired) electrons. The molecule has 0 unspecified atom stereocenters. The van der Waals surface area contributed by atoms with Crippen molar-refractivity contribution in [3.63, 3.8) is 0 Å². The number of nitrogens with zero attached hydrogens (tertiary/aromatic N) is 1. The second-order valence-corrected chi connectivity index (χ2v) is 4.04. The van der Waals surface area contributed by atoms with E-state index in [9.17, 15) is 4.39 Å². The van der Waals surface area contributed by atoms with Gasteiger partial charge in [0.1, 0.15) is 11.6 Å². The molecule has 88 valence electrons. The fourth-order valence-corrected chi connectivity index (χ4v) is 1.58. The Kier molecular flexibility index (Phi) is 2.95. The van der Waals surface area contributed by atoms with Crippen molar-refractivity contribution < 1.29 is 4.39 Å². The number of aryl methyl sites for hydroxylation is 2. The van der Waals surface area contributed by atoms with Crippen LogP contribution in [0.15, 0.2) is 30.5 Å². The van der Waals surface area contributed by atoms with Gasteiger partial charge in [-0.1, -0.05) is 6.07 Å². The molecule has 0 aliphatic heterocycles. The summed E-state index contributed by atoms with van der Waals surface area (Å²) < 4.78 is 13.6. The van der Waals surface area contributed by atoms with E-state index in [4.69, 9.17) is 5.73 Å². The van der Waals surface area contributed by atoms with Gasteiger partial charge in [0.2, 0.25) is 0 Å². The van der Waals surface area contributed by atoms with Crippen LogP contribution in [0.3, 0.4) is 0 Å². The Morgan fingerprint density at radius 3 is 2.65 bits per heavy atom. The average molecular weight is 231 g/mol. The highest BCUT2D eigenvalue weighted by molar-refractivity contribution is 5.61. The van der Waals surface area contributed by atoms with E-state index in [0.29, 0.717) is 17.2 Å². The first kappa shape index (κ1) is 11.4. The lowest BCUT2D eigenvalue weighted by Crippen LogP contribution is -2.00. The van der Waals surface area contributed by atoms with Gasteiger partial charge in [-0.3, -0.25) is 0 Å². The zero-order chi connectivity index (χ0) is 12.4. The lowest BCUT2D eigenvalue weighted by Gasteiger charge is -2.10. The van der Waals surface area contributed by atoms with Gasteiger partial charge in [-0.15, -0.1) is 0 Å². The Balaban J connectivity index is 2.31. The molecule has 3 nitrogen and oxygen atoms in total. The number of hydrogen-bond donors (Lipinski definition) is 2. The molecule has 0 fully saturated rings. The lowest BCUT2D eigenvalue weighted by molar-refractivity contribution is 0.630. The Hall–Kier alpha value is -2.10. The highest BCUT2D eigenvalue weighted by Crippen LogP contribution is 2.22. The van der Waals surface area contributed by atoms with E-state index in [2.05, 4.69) is 10.3 Å². The van der Waals surface area contributed by atoms with Crippen molar-refractivity contribution in [1.29, 1.82) is 0 Å². The highest BCUT2D eigenvalue weighted by atomic mass is 19.1. The van der Waals surface area contributed by atoms with Crippen LogP contribution in [0.1, 0.15) is 11.1 Å². The van der Waals surface area contributed by atoms with Gasteiger partial charge in [0, 0.05) is 0 Å². The number of nitrogen functional groups attached to an aromatic ring is 1. The fraction of sp³-hybridized carbons (Fsp3) is 0.154. The summed E-state index contributed by atoms with van der Waals surface area (Å²) in [5.41, 5.74) is 8.38. The summed E-state index contributed by atoms with van der Waals surface area (Å²) >= 11 is 0. The largest absolute Gasteiger partial charge is 0.397 e. The number of nitrogens with one attached hydrogen (secondary N) is 1. The summed E-state index contributed by atoms with van der Waals surface area (Å²) in [6, 6.07) is 6.82. The molecule has 0 saturated carbocycles. The molecule has 1 aromatic heterocycles. The summed E-state index contributed by atoms with van der Waals surface area (Å²) in [5, 5.41) is 2.95. The Morgan fingerprint density at radius 1 is 1.24 bits per heavy atom. The van der Waals surface area contributed by atoms with Gasteiger partial charge >= 0.3 is 0 Å². The van der Waals surface area contributed by atoms with Crippen LogP contribution >= 0.6 is 0 Å². The van der Waals surface area contributed by atoms with E-state index in [-0.39, 0.29) is 5.82 Å². The minimum atomic E-state index is -0.289. The predicted molar refractivity (Wildman–Crippen MR) is 67.8 cm³/mol. The quantitative estimate of drug-likeness (QED) is 0.834. The van der Waals surface area contributed by atoms with Crippen molar-refractivity contribution in [2.24, 2.45) is 0 Å². The first-order chi connectivity index (χ1) is 8.06. The van der Waals surface area contributed by atoms with Crippen molar-refractivity contribution in [2.75, 3.05) is 11.1 Å². The fourth-order valence-electron chi connectivity index (χ4n) is 1.58. The van der Waals surface area contributed by atoms with E-state index in [1.165, 1.54) is 6.07 Å². The molecule has 0 spiro atoms. The van der Waals surface area contributed by atoms with Crippen LogP contribution in [0.4, 0.5) is 21.6 Å². The molecular weight excluding hydrogens is 217 g/mol. The van der Waals surface area contributed by atoms with Crippen LogP contribution in [0.2, 0.25) is 0 Å². The SMILES string of the molecule is Cc1ccc(Nc2ncc(N)cc2C)c(F)c1. The topological polar surface area (TPSA) is 50.9 Å². The van der Waals surface area contributed by atoms with Crippen molar-refractivity contribution in [3.8, 4) is 0 Å². The Morgan fingerprint density at radius 2 is 2.00 bits per heavy atom. The normalized spacial score (nSPS) is 10.3. The third-order valence-corrected chi connectivity index (χ3v) is 2.48. The maximum absolute atomic E-state index is 13.6. The zero-order valence-corrected chi connectivity index (χ0v) is 9.79. The van der Waals surface area contributed by atoms with Crippen molar-refractivity contribution in [1.82, 2.24) is 4.98 Å². The third-order valence-electron chi connectivity index (χ3n) is 2.48. The summed E-state index contributed by atoms with van der Waals surface area (Å²) in [6.07, 6.45) is 1.54.